The van der Waals surface area contributed by atoms with E-state index in [9.17, 15) is 0 Å². The Morgan fingerprint density at radius 3 is 2.26 bits per heavy atom. The van der Waals surface area contributed by atoms with Gasteiger partial charge in [0.25, 0.3) is 0 Å². The number of ether oxygens (including phenoxy) is 1. The molecule has 0 aromatic heterocycles. The minimum absolute atomic E-state index is 0.903. The van der Waals surface area contributed by atoms with E-state index in [1.807, 2.05) is 6.07 Å². The summed E-state index contributed by atoms with van der Waals surface area (Å²) < 4.78 is 5.30. The maximum absolute atomic E-state index is 5.30. The number of methoxy groups -OCH3 is 1. The summed E-state index contributed by atoms with van der Waals surface area (Å²) >= 11 is 0. The second-order valence-corrected chi connectivity index (χ2v) is 6.29. The normalized spacial score (nSPS) is 11.3. The van der Waals surface area contributed by atoms with Gasteiger partial charge in [-0.05, 0) is 74.6 Å². The van der Waals surface area contributed by atoms with Crippen LogP contribution in [0.4, 0.5) is 0 Å². The third kappa shape index (κ3) is 4.13. The summed E-state index contributed by atoms with van der Waals surface area (Å²) in [6.45, 7) is 10.8. The molecule has 120 valence electrons. The molecule has 0 N–H and O–H groups in total. The predicted molar refractivity (Wildman–Crippen MR) is 101 cm³/mol. The fourth-order valence-electron chi connectivity index (χ4n) is 2.83. The van der Waals surface area contributed by atoms with Crippen molar-refractivity contribution in [3.05, 3.63) is 76.4 Å². The Kier molecular flexibility index (Phi) is 5.44. The average Bonchev–Trinajstić information content (AvgIpc) is 2.51. The lowest BCUT2D eigenvalue weighted by Gasteiger charge is -2.12. The third-order valence-corrected chi connectivity index (χ3v) is 4.09. The molecule has 0 saturated heterocycles. The van der Waals surface area contributed by atoms with E-state index in [0.29, 0.717) is 0 Å². The van der Waals surface area contributed by atoms with Crippen LogP contribution in [0, 0.1) is 13.8 Å². The van der Waals surface area contributed by atoms with Crippen molar-refractivity contribution in [3.8, 4) is 5.75 Å². The van der Waals surface area contributed by atoms with Crippen LogP contribution in [0.25, 0.3) is 11.1 Å². The molecule has 0 spiro atoms. The Labute approximate surface area is 140 Å². The summed E-state index contributed by atoms with van der Waals surface area (Å²) in [6, 6.07) is 14.9. The monoisotopic (exact) mass is 306 g/mol. The predicted octanol–water partition coefficient (Wildman–Crippen LogP) is 6.21. The summed E-state index contributed by atoms with van der Waals surface area (Å²) in [7, 11) is 1.70. The maximum Gasteiger partial charge on any atom is 0.119 e. The Balaban J connectivity index is 2.47. The lowest BCUT2D eigenvalue weighted by atomic mass is 9.94. The molecule has 0 fully saturated rings. The molecule has 23 heavy (non-hydrogen) atoms. The summed E-state index contributed by atoms with van der Waals surface area (Å²) in [5, 5.41) is 0. The van der Waals surface area contributed by atoms with Crippen LogP contribution in [0.2, 0.25) is 0 Å². The number of hydrogen-bond donors (Lipinski definition) is 0. The SMILES string of the molecule is COc1ccc(/C(C)=C\C(=C(C)C)c2cccc(C)c2)c(C)c1. The first kappa shape index (κ1) is 17.1. The van der Waals surface area contributed by atoms with Crippen molar-refractivity contribution in [2.75, 3.05) is 7.11 Å². The van der Waals surface area contributed by atoms with Gasteiger partial charge in [0.15, 0.2) is 0 Å². The van der Waals surface area contributed by atoms with Crippen LogP contribution in [0.15, 0.2) is 54.1 Å². The highest BCUT2D eigenvalue weighted by atomic mass is 16.5. The van der Waals surface area contributed by atoms with Gasteiger partial charge in [0.1, 0.15) is 5.75 Å². The highest BCUT2D eigenvalue weighted by Gasteiger charge is 2.06. The minimum atomic E-state index is 0.903. The fourth-order valence-corrected chi connectivity index (χ4v) is 2.83. The van der Waals surface area contributed by atoms with Gasteiger partial charge in [-0.3, -0.25) is 0 Å². The van der Waals surface area contributed by atoms with Gasteiger partial charge in [0, 0.05) is 0 Å². The molecule has 0 radical (unpaired) electrons. The zero-order valence-electron chi connectivity index (χ0n) is 15.0. The van der Waals surface area contributed by atoms with Gasteiger partial charge in [-0.1, -0.05) is 47.5 Å². The van der Waals surface area contributed by atoms with Gasteiger partial charge in [0.05, 0.1) is 7.11 Å². The fraction of sp³-hybridized carbons (Fsp3) is 0.273. The van der Waals surface area contributed by atoms with Gasteiger partial charge < -0.3 is 4.74 Å². The van der Waals surface area contributed by atoms with E-state index in [2.05, 4.69) is 77.1 Å². The van der Waals surface area contributed by atoms with Gasteiger partial charge in [-0.25, -0.2) is 0 Å². The molecule has 0 unspecified atom stereocenters. The van der Waals surface area contributed by atoms with E-state index >= 15 is 0 Å². The van der Waals surface area contributed by atoms with Crippen molar-refractivity contribution >= 4 is 11.1 Å². The molecule has 0 aliphatic rings. The van der Waals surface area contributed by atoms with Crippen molar-refractivity contribution < 1.29 is 4.74 Å². The lowest BCUT2D eigenvalue weighted by molar-refractivity contribution is 0.414. The first-order chi connectivity index (χ1) is 10.9. The van der Waals surface area contributed by atoms with Crippen LogP contribution in [0.5, 0.6) is 5.75 Å². The molecule has 0 bridgehead atoms. The minimum Gasteiger partial charge on any atom is -0.497 e. The van der Waals surface area contributed by atoms with Crippen LogP contribution in [0.1, 0.15) is 43.0 Å². The van der Waals surface area contributed by atoms with E-state index in [4.69, 9.17) is 4.74 Å². The average molecular weight is 306 g/mol. The summed E-state index contributed by atoms with van der Waals surface area (Å²) in [6.07, 6.45) is 2.29. The van der Waals surface area contributed by atoms with E-state index < -0.39 is 0 Å². The number of benzene rings is 2. The first-order valence-electron chi connectivity index (χ1n) is 8.00. The van der Waals surface area contributed by atoms with Gasteiger partial charge in [0.2, 0.25) is 0 Å². The topological polar surface area (TPSA) is 9.23 Å². The summed E-state index contributed by atoms with van der Waals surface area (Å²) in [5.41, 5.74) is 8.93. The molecule has 0 saturated carbocycles. The smallest absolute Gasteiger partial charge is 0.119 e. The van der Waals surface area contributed by atoms with Gasteiger partial charge in [-0.15, -0.1) is 0 Å². The molecule has 2 aromatic carbocycles. The number of allylic oxidation sites excluding steroid dienone is 4. The van der Waals surface area contributed by atoms with Crippen molar-refractivity contribution in [2.24, 2.45) is 0 Å². The van der Waals surface area contributed by atoms with E-state index in [1.165, 1.54) is 39.0 Å². The van der Waals surface area contributed by atoms with Crippen LogP contribution in [-0.4, -0.2) is 7.11 Å². The molecule has 0 aliphatic carbocycles. The van der Waals surface area contributed by atoms with E-state index in [-0.39, 0.29) is 0 Å². The molecule has 0 atom stereocenters. The first-order valence-corrected chi connectivity index (χ1v) is 8.00. The van der Waals surface area contributed by atoms with Crippen LogP contribution in [0.3, 0.4) is 0 Å². The Morgan fingerprint density at radius 2 is 1.70 bits per heavy atom. The molecule has 0 amide bonds. The van der Waals surface area contributed by atoms with Crippen LogP contribution >= 0.6 is 0 Å². The van der Waals surface area contributed by atoms with Gasteiger partial charge >= 0.3 is 0 Å². The van der Waals surface area contributed by atoms with Crippen molar-refractivity contribution in [1.29, 1.82) is 0 Å². The van der Waals surface area contributed by atoms with Crippen molar-refractivity contribution in [2.45, 2.75) is 34.6 Å². The molecule has 1 nitrogen and oxygen atoms in total. The van der Waals surface area contributed by atoms with Crippen molar-refractivity contribution in [1.82, 2.24) is 0 Å². The molecule has 1 heteroatoms. The quantitative estimate of drug-likeness (QED) is 0.610. The van der Waals surface area contributed by atoms with Crippen LogP contribution in [-0.2, 0) is 0 Å². The Morgan fingerprint density at radius 1 is 0.957 bits per heavy atom. The van der Waals surface area contributed by atoms with Crippen molar-refractivity contribution in [3.63, 3.8) is 0 Å². The molecular weight excluding hydrogens is 280 g/mol. The number of aryl methyl sites for hydroxylation is 2. The maximum atomic E-state index is 5.30. The molecule has 0 aliphatic heterocycles. The number of rotatable bonds is 4. The summed E-state index contributed by atoms with van der Waals surface area (Å²) in [4.78, 5) is 0. The van der Waals surface area contributed by atoms with Gasteiger partial charge in [-0.2, -0.15) is 0 Å². The largest absolute Gasteiger partial charge is 0.497 e. The summed E-state index contributed by atoms with van der Waals surface area (Å²) in [5.74, 6) is 0.903. The number of hydrogen-bond acceptors (Lipinski definition) is 1. The zero-order valence-corrected chi connectivity index (χ0v) is 15.0. The van der Waals surface area contributed by atoms with E-state index in [0.717, 1.165) is 5.75 Å². The third-order valence-electron chi connectivity index (χ3n) is 4.09. The molecular formula is C22H26O. The highest BCUT2D eigenvalue weighted by molar-refractivity contribution is 5.85. The van der Waals surface area contributed by atoms with E-state index in [1.54, 1.807) is 7.11 Å². The second kappa shape index (κ2) is 7.32. The Bertz CT molecular complexity index is 759. The molecule has 0 heterocycles. The molecule has 2 aromatic rings. The van der Waals surface area contributed by atoms with Crippen LogP contribution < -0.4 is 4.74 Å². The zero-order chi connectivity index (χ0) is 17.0. The standard InChI is InChI=1S/C22H26O/c1-15(2)22(19-9-7-8-16(3)12-19)14-18(5)21-11-10-20(23-6)13-17(21)4/h7-14H,1-6H3/b18-14-. The second-order valence-electron chi connectivity index (χ2n) is 6.29. The molecule has 2 rings (SSSR count). The highest BCUT2D eigenvalue weighted by Crippen LogP contribution is 2.28. The lowest BCUT2D eigenvalue weighted by Crippen LogP contribution is -1.91. The Hall–Kier alpha value is -2.28.